The van der Waals surface area contributed by atoms with Crippen molar-refractivity contribution in [2.45, 2.75) is 77.5 Å². The average molecular weight is 1490 g/mol. The zero-order chi connectivity index (χ0) is 71.2. The number of methoxy groups -OCH3 is 1. The number of para-hydroxylation sites is 2. The summed E-state index contributed by atoms with van der Waals surface area (Å²) >= 11 is 5.52. The van der Waals surface area contributed by atoms with Crippen LogP contribution >= 0.6 is 35.1 Å². The number of nitrogens with one attached hydrogen (secondary N) is 2. The van der Waals surface area contributed by atoms with Gasteiger partial charge < -0.3 is 34.3 Å². The number of amides is 2. The Hall–Kier alpha value is -8.44. The lowest BCUT2D eigenvalue weighted by Gasteiger charge is -2.13. The number of nitriles is 1. The van der Waals surface area contributed by atoms with Gasteiger partial charge in [-0.15, -0.1) is 79.5 Å². The van der Waals surface area contributed by atoms with Gasteiger partial charge in [-0.05, 0) is 117 Å². The number of hydrogen-bond donors (Lipinski definition) is 6. The second kappa shape index (κ2) is 41.5. The Bertz CT molecular complexity index is 4520. The van der Waals surface area contributed by atoms with Crippen LogP contribution in [0.15, 0.2) is 136 Å². The monoisotopic (exact) mass is 1480 g/mol. The number of fused-ring (bicyclic) bond motifs is 3. The number of ether oxygens (including phenoxy) is 2. The van der Waals surface area contributed by atoms with Crippen molar-refractivity contribution in [2.24, 2.45) is 40.9 Å². The molecule has 1 atom stereocenters. The number of benzene rings is 5. The predicted octanol–water partition coefficient (Wildman–Crippen LogP) is 13.1. The number of imidazole rings is 1. The van der Waals surface area contributed by atoms with Gasteiger partial charge in [0.15, 0.2) is 11.3 Å². The molecule has 0 aliphatic rings. The van der Waals surface area contributed by atoms with Crippen molar-refractivity contribution in [1.82, 2.24) is 9.38 Å². The number of hydrogen-bond acceptors (Lipinski definition) is 29. The van der Waals surface area contributed by atoms with E-state index in [2.05, 4.69) is 67.3 Å². The highest BCUT2D eigenvalue weighted by Crippen LogP contribution is 2.45. The van der Waals surface area contributed by atoms with E-state index in [-0.39, 0.29) is 100 Å². The molecule has 518 valence electrons. The Morgan fingerprint density at radius 2 is 1.15 bits per heavy atom. The van der Waals surface area contributed by atoms with Gasteiger partial charge in [0.05, 0.1) is 63.3 Å². The van der Waals surface area contributed by atoms with Crippen molar-refractivity contribution in [1.29, 1.82) is 5.26 Å². The first-order chi connectivity index (χ1) is 44.7. The molecule has 2 heterocycles. The first-order valence-electron chi connectivity index (χ1n) is 26.7. The van der Waals surface area contributed by atoms with Crippen LogP contribution in [0.4, 0.5) is 56.9 Å². The molecular formula is C55H63ClN13O20S7-. The SMILES string of the molecule is C.CCCCOc1cc(N=Nc2cc(NC(C)=O)c(N=Nc3cc(NC(C)=O)c(N=Nc4ccc(Cl)cc4)cc3SCCCS(=O)(=O)O)cc2SCCCS(=O)(=O)O)c(C)cc1N=Nc1c(C)c(C#N)c2nc3ccccc3n2c1O.COC.O=S(=O)=O.O=S(=O)=O.O=S([O-])O. The molecule has 0 radical (unpaired) electrons. The molecule has 2 amide bonds. The molecule has 0 saturated heterocycles. The van der Waals surface area contributed by atoms with E-state index < -0.39 is 76.1 Å². The summed E-state index contributed by atoms with van der Waals surface area (Å²) in [7, 11) is -11.5. The molecule has 0 fully saturated rings. The zero-order valence-corrected chi connectivity index (χ0v) is 57.4. The number of azo groups is 4. The summed E-state index contributed by atoms with van der Waals surface area (Å²) in [4.78, 5) is 30.6. The molecule has 41 heteroatoms. The minimum absolute atomic E-state index is 0. The fourth-order valence-electron chi connectivity index (χ4n) is 7.54. The van der Waals surface area contributed by atoms with Crippen molar-refractivity contribution in [3.63, 3.8) is 0 Å². The van der Waals surface area contributed by atoms with Crippen molar-refractivity contribution in [3.8, 4) is 17.7 Å². The third-order valence-electron chi connectivity index (χ3n) is 11.4. The summed E-state index contributed by atoms with van der Waals surface area (Å²) in [5.41, 5.74) is 4.70. The third kappa shape index (κ3) is 29.7. The van der Waals surface area contributed by atoms with Gasteiger partial charge in [0, 0.05) is 54.5 Å². The number of aryl methyl sites for hydroxylation is 1. The summed E-state index contributed by atoms with van der Waals surface area (Å²) in [6, 6.07) is 25.3. The van der Waals surface area contributed by atoms with E-state index >= 15 is 0 Å². The summed E-state index contributed by atoms with van der Waals surface area (Å²) in [6.45, 7) is 8.29. The van der Waals surface area contributed by atoms with Crippen LogP contribution in [0.1, 0.15) is 70.6 Å². The van der Waals surface area contributed by atoms with E-state index in [1.165, 1.54) is 42.1 Å². The molecule has 96 heavy (non-hydrogen) atoms. The predicted molar refractivity (Wildman–Crippen MR) is 359 cm³/mol. The Kier molecular flexibility index (Phi) is 36.2. The van der Waals surface area contributed by atoms with Crippen molar-refractivity contribution in [3.05, 3.63) is 107 Å². The highest BCUT2D eigenvalue weighted by atomic mass is 35.5. The smallest absolute Gasteiger partial charge is 0.425 e. The van der Waals surface area contributed by atoms with Crippen molar-refractivity contribution in [2.75, 3.05) is 54.5 Å². The van der Waals surface area contributed by atoms with Crippen LogP contribution in [-0.4, -0.2) is 135 Å². The van der Waals surface area contributed by atoms with Crippen LogP contribution in [0, 0.1) is 25.2 Å². The molecule has 7 aromatic rings. The topological polar surface area (TPSA) is 508 Å². The van der Waals surface area contributed by atoms with E-state index in [1.807, 2.05) is 6.92 Å². The first-order valence-corrected chi connectivity index (χ1v) is 35.3. The maximum absolute atomic E-state index is 12.8. The Balaban J connectivity index is 0.00000178. The Morgan fingerprint density at radius 1 is 0.698 bits per heavy atom. The zero-order valence-electron chi connectivity index (χ0n) is 50.9. The Labute approximate surface area is 570 Å². The van der Waals surface area contributed by atoms with Crippen LogP contribution < -0.4 is 15.4 Å². The number of nitrogens with zero attached hydrogens (tertiary/aromatic N) is 11. The second-order valence-corrected chi connectivity index (χ2v) is 25.8. The molecular weight excluding hydrogens is 1420 g/mol. The number of aromatic nitrogens is 2. The van der Waals surface area contributed by atoms with E-state index in [9.17, 15) is 45.9 Å². The average Bonchev–Trinajstić information content (AvgIpc) is 1.57. The number of pyridine rings is 1. The van der Waals surface area contributed by atoms with Gasteiger partial charge in [-0.3, -0.25) is 23.1 Å². The maximum Gasteiger partial charge on any atom is 0.425 e. The minimum atomic E-state index is -4.30. The normalized spacial score (nSPS) is 11.5. The van der Waals surface area contributed by atoms with Crippen LogP contribution in [-0.2, 0) is 67.1 Å². The van der Waals surface area contributed by atoms with Crippen molar-refractivity contribution < 1.29 is 88.7 Å². The van der Waals surface area contributed by atoms with Gasteiger partial charge in [-0.25, -0.2) is 9.19 Å². The molecule has 0 aliphatic carbocycles. The van der Waals surface area contributed by atoms with Gasteiger partial charge in [0.1, 0.15) is 45.8 Å². The number of halogens is 1. The second-order valence-electron chi connectivity index (χ2n) is 18.7. The van der Waals surface area contributed by atoms with E-state index in [0.29, 0.717) is 61.4 Å². The number of thioether (sulfide) groups is 2. The molecule has 0 spiro atoms. The van der Waals surface area contributed by atoms with Gasteiger partial charge in [0.2, 0.25) is 17.7 Å². The number of anilines is 2. The number of carbonyl (C=O) groups is 2. The lowest BCUT2D eigenvalue weighted by atomic mass is 10.1. The molecule has 2 aromatic heterocycles. The van der Waals surface area contributed by atoms with Crippen LogP contribution in [0.25, 0.3) is 16.7 Å². The highest BCUT2D eigenvalue weighted by Gasteiger charge is 2.22. The lowest BCUT2D eigenvalue weighted by Crippen LogP contribution is -2.06. The number of unbranched alkanes of at least 4 members (excludes halogenated alkanes) is 1. The van der Waals surface area contributed by atoms with Crippen molar-refractivity contribution >= 4 is 173 Å². The summed E-state index contributed by atoms with van der Waals surface area (Å²) in [6.07, 6.45) is 1.60. The fourth-order valence-corrected chi connectivity index (χ4v) is 11.0. The standard InChI is InChI=1S/C52H52ClN13O10S4.C2H6O.CH4.H2O3S.2O3S/c1-6-7-18-76-47-26-38(30(2)23-43(47)62-65-50-31(3)36(29-54)51-57-37-12-8-9-13-46(37)66(51)52(50)69)59-63-44-25-40(56-33(5)68)42(28-49(44)78-20-11-22-80(73,74)75)61-64-45-24-39(55-32(4)67)41(60-58-35-16-14-34(53)15-17-35)27-48(45)77-19-10-21-79(70,71)72;1-3-2;;3*1-4(2)3/h8-9,12-17,23-28,69H,6-7,10-11,18-22H2,1-5H3,(H,55,67)(H,56,68)(H,70,71,72)(H,73,74,75);1-2H3;1H4;(H2,1,2,3);;/p-1. The molecule has 6 N–H and O–H groups in total. The largest absolute Gasteiger partial charge is 0.750 e. The molecule has 0 bridgehead atoms. The lowest BCUT2D eigenvalue weighted by molar-refractivity contribution is -0.115. The van der Waals surface area contributed by atoms with Crippen LogP contribution in [0.5, 0.6) is 11.6 Å². The quantitative estimate of drug-likeness (QED) is 0.0108. The van der Waals surface area contributed by atoms with Gasteiger partial charge in [-0.2, -0.15) is 32.3 Å². The molecule has 0 aliphatic heterocycles. The van der Waals surface area contributed by atoms with E-state index in [1.54, 1.807) is 101 Å². The molecule has 1 unspecified atom stereocenters. The minimum Gasteiger partial charge on any atom is -0.750 e. The summed E-state index contributed by atoms with van der Waals surface area (Å²) in [5, 5.41) is 63.7. The molecule has 7 rings (SSSR count). The number of carbonyl (C=O) groups excluding carboxylic acids is 2. The van der Waals surface area contributed by atoms with Crippen LogP contribution in [0.2, 0.25) is 5.02 Å². The molecule has 33 nitrogen and oxygen atoms in total. The molecule has 5 aromatic carbocycles. The van der Waals surface area contributed by atoms with Crippen LogP contribution in [0.3, 0.4) is 0 Å². The number of aromatic hydroxyl groups is 1. The number of rotatable bonds is 24. The highest BCUT2D eigenvalue weighted by molar-refractivity contribution is 7.99. The first kappa shape index (κ1) is 83.6. The molecule has 0 saturated carbocycles. The van der Waals surface area contributed by atoms with Gasteiger partial charge in [0.25, 0.3) is 20.2 Å². The third-order valence-corrected chi connectivity index (χ3v) is 15.5. The maximum atomic E-state index is 12.8. The summed E-state index contributed by atoms with van der Waals surface area (Å²) < 4.78 is 152. The summed E-state index contributed by atoms with van der Waals surface area (Å²) in [5.74, 6) is -1.61. The van der Waals surface area contributed by atoms with Gasteiger partial charge >= 0.3 is 21.2 Å². The van der Waals surface area contributed by atoms with E-state index in [4.69, 9.17) is 54.9 Å². The fraction of sp³-hybridized carbons (Fsp3) is 0.309. The Morgan fingerprint density at radius 3 is 1.60 bits per heavy atom. The van der Waals surface area contributed by atoms with Gasteiger partial charge in [-0.1, -0.05) is 44.5 Å². The van der Waals surface area contributed by atoms with E-state index in [0.717, 1.165) is 18.2 Å².